The largest absolute Gasteiger partial charge is 0.464 e. The number of esters is 2. The highest BCUT2D eigenvalue weighted by Crippen LogP contribution is 2.18. The van der Waals surface area contributed by atoms with Gasteiger partial charge in [0, 0.05) is 12.6 Å². The molecule has 0 unspecified atom stereocenters. The number of hydrogen-bond donors (Lipinski definition) is 0. The standard InChI is InChI=1S/C14H17NO5/c1-3-8-19-14(18)9-15(10-16)12-4-6-13(7-5-12)20-11(2)17/h4-7,10H,3,8-9H2,1-2H3. The van der Waals surface area contributed by atoms with E-state index in [4.69, 9.17) is 9.47 Å². The second-order valence-corrected chi connectivity index (χ2v) is 4.04. The highest BCUT2D eigenvalue weighted by molar-refractivity contribution is 5.85. The predicted octanol–water partition coefficient (Wildman–Crippen LogP) is 1.53. The fourth-order valence-electron chi connectivity index (χ4n) is 1.46. The fourth-order valence-corrected chi connectivity index (χ4v) is 1.46. The Bertz CT molecular complexity index is 469. The van der Waals surface area contributed by atoms with Gasteiger partial charge in [-0.3, -0.25) is 14.4 Å². The molecule has 1 amide bonds. The Morgan fingerprint density at radius 1 is 1.25 bits per heavy atom. The summed E-state index contributed by atoms with van der Waals surface area (Å²) in [6, 6.07) is 6.26. The highest BCUT2D eigenvalue weighted by Gasteiger charge is 2.12. The first kappa shape index (κ1) is 15.7. The summed E-state index contributed by atoms with van der Waals surface area (Å²) in [6.45, 7) is 3.36. The quantitative estimate of drug-likeness (QED) is 0.430. The minimum Gasteiger partial charge on any atom is -0.464 e. The SMILES string of the molecule is CCCOC(=O)CN(C=O)c1ccc(OC(C)=O)cc1. The lowest BCUT2D eigenvalue weighted by Gasteiger charge is -2.16. The van der Waals surface area contributed by atoms with Gasteiger partial charge in [-0.05, 0) is 30.7 Å². The van der Waals surface area contributed by atoms with E-state index >= 15 is 0 Å². The molecule has 1 aromatic carbocycles. The predicted molar refractivity (Wildman–Crippen MR) is 72.4 cm³/mol. The Balaban J connectivity index is 2.67. The van der Waals surface area contributed by atoms with Crippen molar-refractivity contribution in [3.8, 4) is 5.75 Å². The Hall–Kier alpha value is -2.37. The number of nitrogens with zero attached hydrogens (tertiary/aromatic N) is 1. The monoisotopic (exact) mass is 279 g/mol. The summed E-state index contributed by atoms with van der Waals surface area (Å²) in [5, 5.41) is 0. The number of anilines is 1. The van der Waals surface area contributed by atoms with Crippen LogP contribution in [0.15, 0.2) is 24.3 Å². The summed E-state index contributed by atoms with van der Waals surface area (Å²) in [6.07, 6.45) is 1.28. The summed E-state index contributed by atoms with van der Waals surface area (Å²) in [7, 11) is 0. The fraction of sp³-hybridized carbons (Fsp3) is 0.357. The molecule has 20 heavy (non-hydrogen) atoms. The van der Waals surface area contributed by atoms with E-state index in [0.717, 1.165) is 6.42 Å². The van der Waals surface area contributed by atoms with Gasteiger partial charge in [0.15, 0.2) is 0 Å². The molecule has 0 spiro atoms. The van der Waals surface area contributed by atoms with Crippen LogP contribution in [0.4, 0.5) is 5.69 Å². The van der Waals surface area contributed by atoms with E-state index < -0.39 is 11.9 Å². The number of hydrogen-bond acceptors (Lipinski definition) is 5. The number of rotatable bonds is 7. The third kappa shape index (κ3) is 5.09. The van der Waals surface area contributed by atoms with Crippen molar-refractivity contribution < 1.29 is 23.9 Å². The molecule has 0 radical (unpaired) electrons. The first-order valence-corrected chi connectivity index (χ1v) is 6.23. The van der Waals surface area contributed by atoms with Crippen molar-refractivity contribution in [3.05, 3.63) is 24.3 Å². The lowest BCUT2D eigenvalue weighted by atomic mass is 10.3. The van der Waals surface area contributed by atoms with Crippen LogP contribution in [0.2, 0.25) is 0 Å². The molecule has 0 aliphatic heterocycles. The van der Waals surface area contributed by atoms with Gasteiger partial charge in [0.25, 0.3) is 0 Å². The van der Waals surface area contributed by atoms with Crippen LogP contribution in [0.5, 0.6) is 5.75 Å². The van der Waals surface area contributed by atoms with E-state index in [1.807, 2.05) is 6.92 Å². The maximum absolute atomic E-state index is 11.5. The lowest BCUT2D eigenvalue weighted by Crippen LogP contribution is -2.29. The maximum atomic E-state index is 11.5. The van der Waals surface area contributed by atoms with Crippen LogP contribution >= 0.6 is 0 Å². The molecule has 0 aromatic heterocycles. The Morgan fingerprint density at radius 2 is 1.90 bits per heavy atom. The zero-order valence-electron chi connectivity index (χ0n) is 11.5. The van der Waals surface area contributed by atoms with Crippen LogP contribution in [0, 0.1) is 0 Å². The van der Waals surface area contributed by atoms with E-state index in [1.165, 1.54) is 11.8 Å². The highest BCUT2D eigenvalue weighted by atomic mass is 16.5. The van der Waals surface area contributed by atoms with Crippen molar-refractivity contribution in [2.24, 2.45) is 0 Å². The number of benzene rings is 1. The zero-order chi connectivity index (χ0) is 15.0. The van der Waals surface area contributed by atoms with Gasteiger partial charge < -0.3 is 14.4 Å². The van der Waals surface area contributed by atoms with E-state index in [0.29, 0.717) is 24.5 Å². The Morgan fingerprint density at radius 3 is 2.40 bits per heavy atom. The summed E-state index contributed by atoms with van der Waals surface area (Å²) in [4.78, 5) is 34.5. The van der Waals surface area contributed by atoms with Crippen molar-refractivity contribution >= 4 is 24.0 Å². The van der Waals surface area contributed by atoms with Crippen molar-refractivity contribution in [2.75, 3.05) is 18.1 Å². The van der Waals surface area contributed by atoms with Crippen LogP contribution in [-0.2, 0) is 19.1 Å². The van der Waals surface area contributed by atoms with Gasteiger partial charge in [-0.1, -0.05) is 6.92 Å². The third-order valence-corrected chi connectivity index (χ3v) is 2.32. The Kier molecular flexibility index (Phi) is 6.22. The first-order chi connectivity index (χ1) is 9.56. The van der Waals surface area contributed by atoms with Crippen LogP contribution in [0.1, 0.15) is 20.3 Å². The smallest absolute Gasteiger partial charge is 0.326 e. The van der Waals surface area contributed by atoms with Crippen molar-refractivity contribution in [1.29, 1.82) is 0 Å². The van der Waals surface area contributed by atoms with Gasteiger partial charge in [0.2, 0.25) is 6.41 Å². The van der Waals surface area contributed by atoms with E-state index in [-0.39, 0.29) is 6.54 Å². The number of carbonyl (C=O) groups excluding carboxylic acids is 3. The molecule has 0 bridgehead atoms. The Labute approximate surface area is 117 Å². The van der Waals surface area contributed by atoms with Gasteiger partial charge in [-0.2, -0.15) is 0 Å². The van der Waals surface area contributed by atoms with E-state index in [1.54, 1.807) is 24.3 Å². The number of amides is 1. The van der Waals surface area contributed by atoms with Crippen molar-refractivity contribution in [1.82, 2.24) is 0 Å². The molecule has 1 aromatic rings. The molecule has 0 heterocycles. The molecular weight excluding hydrogens is 262 g/mol. The second kappa shape index (κ2) is 7.93. The molecule has 0 fully saturated rings. The van der Waals surface area contributed by atoms with Crippen molar-refractivity contribution in [3.63, 3.8) is 0 Å². The molecule has 0 N–H and O–H groups in total. The van der Waals surface area contributed by atoms with Gasteiger partial charge >= 0.3 is 11.9 Å². The molecule has 0 aliphatic carbocycles. The summed E-state index contributed by atoms with van der Waals surface area (Å²) in [5.41, 5.74) is 0.518. The molecule has 0 atom stereocenters. The molecule has 0 aliphatic rings. The molecule has 0 saturated heterocycles. The summed E-state index contributed by atoms with van der Waals surface area (Å²) < 4.78 is 9.79. The maximum Gasteiger partial charge on any atom is 0.326 e. The number of ether oxygens (including phenoxy) is 2. The first-order valence-electron chi connectivity index (χ1n) is 6.23. The van der Waals surface area contributed by atoms with Crippen LogP contribution in [0.25, 0.3) is 0 Å². The van der Waals surface area contributed by atoms with Gasteiger partial charge in [-0.25, -0.2) is 0 Å². The van der Waals surface area contributed by atoms with Crippen LogP contribution in [0.3, 0.4) is 0 Å². The summed E-state index contributed by atoms with van der Waals surface area (Å²) >= 11 is 0. The van der Waals surface area contributed by atoms with Crippen LogP contribution in [-0.4, -0.2) is 31.5 Å². The molecule has 6 nitrogen and oxygen atoms in total. The van der Waals surface area contributed by atoms with E-state index in [9.17, 15) is 14.4 Å². The molecule has 108 valence electrons. The average molecular weight is 279 g/mol. The van der Waals surface area contributed by atoms with Crippen LogP contribution < -0.4 is 9.64 Å². The molecule has 0 saturated carbocycles. The van der Waals surface area contributed by atoms with Crippen molar-refractivity contribution in [2.45, 2.75) is 20.3 Å². The van der Waals surface area contributed by atoms with E-state index in [2.05, 4.69) is 0 Å². The third-order valence-electron chi connectivity index (χ3n) is 2.32. The normalized spacial score (nSPS) is 9.70. The summed E-state index contributed by atoms with van der Waals surface area (Å²) in [5.74, 6) is -0.517. The molecular formula is C14H17NO5. The molecule has 1 rings (SSSR count). The van der Waals surface area contributed by atoms with Gasteiger partial charge in [0.1, 0.15) is 12.3 Å². The topological polar surface area (TPSA) is 72.9 Å². The van der Waals surface area contributed by atoms with Gasteiger partial charge in [0.05, 0.1) is 6.61 Å². The molecule has 6 heteroatoms. The average Bonchev–Trinajstić information content (AvgIpc) is 2.43. The second-order valence-electron chi connectivity index (χ2n) is 4.04. The minimum atomic E-state index is -0.469. The minimum absolute atomic E-state index is 0.156. The number of carbonyl (C=O) groups is 3. The van der Waals surface area contributed by atoms with Gasteiger partial charge in [-0.15, -0.1) is 0 Å². The zero-order valence-corrected chi connectivity index (χ0v) is 11.5. The lowest BCUT2D eigenvalue weighted by molar-refractivity contribution is -0.142.